The molecule has 100 valence electrons. The van der Waals surface area contributed by atoms with Gasteiger partial charge < -0.3 is 4.42 Å². The van der Waals surface area contributed by atoms with Crippen molar-refractivity contribution in [1.29, 1.82) is 0 Å². The molecule has 0 radical (unpaired) electrons. The predicted molar refractivity (Wildman–Crippen MR) is 67.2 cm³/mol. The number of aromatic nitrogens is 4. The standard InChI is InChI=1S/C12H15N5O2/c18-12-17(9-16-6-2-1-3-7-16)15-11(19-12)10-8-13-4-5-14-10/h4-5,8H,1-3,6-7,9H2. The lowest BCUT2D eigenvalue weighted by atomic mass is 10.1. The second-order valence-electron chi connectivity index (χ2n) is 4.58. The highest BCUT2D eigenvalue weighted by Gasteiger charge is 2.15. The van der Waals surface area contributed by atoms with Crippen LogP contribution in [-0.4, -0.2) is 37.7 Å². The molecule has 1 aliphatic heterocycles. The van der Waals surface area contributed by atoms with E-state index in [1.807, 2.05) is 0 Å². The van der Waals surface area contributed by atoms with Crippen molar-refractivity contribution in [2.45, 2.75) is 25.9 Å². The Morgan fingerprint density at radius 2 is 2.05 bits per heavy atom. The summed E-state index contributed by atoms with van der Waals surface area (Å²) in [6.07, 6.45) is 8.23. The second-order valence-corrected chi connectivity index (χ2v) is 4.58. The molecule has 0 amide bonds. The minimum Gasteiger partial charge on any atom is -0.386 e. The number of nitrogens with zero attached hydrogens (tertiary/aromatic N) is 5. The van der Waals surface area contributed by atoms with Gasteiger partial charge in [-0.3, -0.25) is 9.88 Å². The molecule has 1 saturated heterocycles. The van der Waals surface area contributed by atoms with Gasteiger partial charge in [0.2, 0.25) is 0 Å². The summed E-state index contributed by atoms with van der Waals surface area (Å²) in [4.78, 5) is 21.9. The van der Waals surface area contributed by atoms with Gasteiger partial charge in [0.25, 0.3) is 5.89 Å². The van der Waals surface area contributed by atoms with Crippen LogP contribution in [-0.2, 0) is 6.67 Å². The van der Waals surface area contributed by atoms with Gasteiger partial charge in [0.05, 0.1) is 6.20 Å². The maximum atomic E-state index is 11.7. The quantitative estimate of drug-likeness (QED) is 0.811. The lowest BCUT2D eigenvalue weighted by Gasteiger charge is -2.25. The molecule has 0 atom stereocenters. The maximum Gasteiger partial charge on any atom is 0.438 e. The summed E-state index contributed by atoms with van der Waals surface area (Å²) >= 11 is 0. The molecule has 0 aromatic carbocycles. The van der Waals surface area contributed by atoms with Crippen molar-refractivity contribution in [3.8, 4) is 11.6 Å². The first kappa shape index (κ1) is 12.0. The van der Waals surface area contributed by atoms with Crippen LogP contribution < -0.4 is 5.76 Å². The summed E-state index contributed by atoms with van der Waals surface area (Å²) < 4.78 is 6.45. The fraction of sp³-hybridized carbons (Fsp3) is 0.500. The van der Waals surface area contributed by atoms with Crippen LogP contribution in [0.1, 0.15) is 19.3 Å². The molecule has 1 aliphatic rings. The Hall–Kier alpha value is -2.02. The van der Waals surface area contributed by atoms with Crippen molar-refractivity contribution >= 4 is 0 Å². The Morgan fingerprint density at radius 3 is 2.79 bits per heavy atom. The van der Waals surface area contributed by atoms with Gasteiger partial charge >= 0.3 is 5.76 Å². The van der Waals surface area contributed by atoms with Crippen LogP contribution in [0.4, 0.5) is 0 Å². The summed E-state index contributed by atoms with van der Waals surface area (Å²) in [7, 11) is 0. The predicted octanol–water partition coefficient (Wildman–Crippen LogP) is 0.737. The van der Waals surface area contributed by atoms with Gasteiger partial charge in [-0.05, 0) is 25.9 Å². The Kier molecular flexibility index (Phi) is 3.37. The topological polar surface area (TPSA) is 77.0 Å². The highest BCUT2D eigenvalue weighted by Crippen LogP contribution is 2.11. The van der Waals surface area contributed by atoms with Gasteiger partial charge in [0.15, 0.2) is 0 Å². The van der Waals surface area contributed by atoms with E-state index in [0.717, 1.165) is 13.1 Å². The van der Waals surface area contributed by atoms with Crippen LogP contribution in [0, 0.1) is 0 Å². The highest BCUT2D eigenvalue weighted by molar-refractivity contribution is 5.42. The number of hydrogen-bond acceptors (Lipinski definition) is 6. The van der Waals surface area contributed by atoms with E-state index in [9.17, 15) is 4.79 Å². The summed E-state index contributed by atoms with van der Waals surface area (Å²) in [5.74, 6) is -0.235. The number of likely N-dealkylation sites (tertiary alicyclic amines) is 1. The molecule has 0 unspecified atom stereocenters. The molecule has 0 N–H and O–H groups in total. The molecule has 7 nitrogen and oxygen atoms in total. The molecule has 3 heterocycles. The zero-order valence-corrected chi connectivity index (χ0v) is 10.5. The zero-order chi connectivity index (χ0) is 13.1. The molecule has 0 saturated carbocycles. The van der Waals surface area contributed by atoms with Crippen molar-refractivity contribution in [2.24, 2.45) is 0 Å². The minimum absolute atomic E-state index is 0.218. The average Bonchev–Trinajstić information content (AvgIpc) is 2.82. The van der Waals surface area contributed by atoms with Crippen molar-refractivity contribution in [3.05, 3.63) is 29.1 Å². The van der Waals surface area contributed by atoms with Gasteiger partial charge in [0.1, 0.15) is 12.4 Å². The van der Waals surface area contributed by atoms with Crippen molar-refractivity contribution in [2.75, 3.05) is 13.1 Å². The molecular weight excluding hydrogens is 246 g/mol. The fourth-order valence-electron chi connectivity index (χ4n) is 2.20. The van der Waals surface area contributed by atoms with E-state index in [-0.39, 0.29) is 5.89 Å². The van der Waals surface area contributed by atoms with Crippen LogP contribution in [0.5, 0.6) is 0 Å². The van der Waals surface area contributed by atoms with E-state index < -0.39 is 5.76 Å². The fourth-order valence-corrected chi connectivity index (χ4v) is 2.20. The average molecular weight is 261 g/mol. The molecular formula is C12H15N5O2. The van der Waals surface area contributed by atoms with Gasteiger partial charge in [0, 0.05) is 12.4 Å². The SMILES string of the molecule is O=c1oc(-c2cnccn2)nn1CN1CCCCC1. The van der Waals surface area contributed by atoms with E-state index in [1.54, 1.807) is 12.4 Å². The third kappa shape index (κ3) is 2.70. The molecule has 0 bridgehead atoms. The first-order chi connectivity index (χ1) is 9.33. The molecule has 2 aromatic heterocycles. The van der Waals surface area contributed by atoms with Crippen LogP contribution >= 0.6 is 0 Å². The smallest absolute Gasteiger partial charge is 0.386 e. The van der Waals surface area contributed by atoms with Crippen LogP contribution in [0.25, 0.3) is 11.6 Å². The van der Waals surface area contributed by atoms with Crippen LogP contribution in [0.2, 0.25) is 0 Å². The molecule has 0 spiro atoms. The molecule has 3 rings (SSSR count). The Balaban J connectivity index is 1.79. The third-order valence-corrected chi connectivity index (χ3v) is 3.17. The van der Waals surface area contributed by atoms with Crippen LogP contribution in [0.3, 0.4) is 0 Å². The minimum atomic E-state index is -0.453. The molecule has 2 aromatic rings. The Morgan fingerprint density at radius 1 is 1.21 bits per heavy atom. The van der Waals surface area contributed by atoms with Gasteiger partial charge in [-0.25, -0.2) is 9.78 Å². The molecule has 1 fully saturated rings. The number of piperidine rings is 1. The van der Waals surface area contributed by atoms with Crippen molar-refractivity contribution < 1.29 is 4.42 Å². The van der Waals surface area contributed by atoms with Crippen molar-refractivity contribution in [1.82, 2.24) is 24.6 Å². The monoisotopic (exact) mass is 261 g/mol. The molecule has 0 aliphatic carbocycles. The third-order valence-electron chi connectivity index (χ3n) is 3.17. The van der Waals surface area contributed by atoms with E-state index >= 15 is 0 Å². The lowest BCUT2D eigenvalue weighted by molar-refractivity contribution is 0.168. The second kappa shape index (κ2) is 5.31. The number of rotatable bonds is 3. The van der Waals surface area contributed by atoms with Gasteiger partial charge in [-0.15, -0.1) is 5.10 Å². The van der Waals surface area contributed by atoms with Crippen molar-refractivity contribution in [3.63, 3.8) is 0 Å². The Bertz CT molecular complexity index is 586. The maximum absolute atomic E-state index is 11.7. The van der Waals surface area contributed by atoms with Crippen LogP contribution in [0.15, 0.2) is 27.8 Å². The Labute approximate surface area is 109 Å². The largest absolute Gasteiger partial charge is 0.438 e. The lowest BCUT2D eigenvalue weighted by Crippen LogP contribution is -2.35. The number of hydrogen-bond donors (Lipinski definition) is 0. The zero-order valence-electron chi connectivity index (χ0n) is 10.5. The van der Waals surface area contributed by atoms with E-state index in [2.05, 4.69) is 20.0 Å². The first-order valence-electron chi connectivity index (χ1n) is 6.39. The summed E-state index contributed by atoms with van der Waals surface area (Å²) in [6.45, 7) is 2.47. The normalized spacial score (nSPS) is 16.6. The van der Waals surface area contributed by atoms with E-state index in [0.29, 0.717) is 12.4 Å². The van der Waals surface area contributed by atoms with E-state index in [4.69, 9.17) is 4.42 Å². The molecule has 19 heavy (non-hydrogen) atoms. The van der Waals surface area contributed by atoms with Gasteiger partial charge in [-0.1, -0.05) is 6.42 Å². The van der Waals surface area contributed by atoms with Gasteiger partial charge in [-0.2, -0.15) is 4.68 Å². The first-order valence-corrected chi connectivity index (χ1v) is 6.39. The summed E-state index contributed by atoms with van der Waals surface area (Å²) in [5.41, 5.74) is 0.469. The highest BCUT2D eigenvalue weighted by atomic mass is 16.4. The molecule has 7 heteroatoms. The van der Waals surface area contributed by atoms with E-state index in [1.165, 1.54) is 30.1 Å². The summed E-state index contributed by atoms with van der Waals surface area (Å²) in [5, 5.41) is 4.17. The summed E-state index contributed by atoms with van der Waals surface area (Å²) in [6, 6.07) is 0.